The molecule has 1 amide bonds. The van der Waals surface area contributed by atoms with E-state index in [1.807, 2.05) is 20.8 Å². The average molecular weight is 342 g/mol. The second-order valence-electron chi connectivity index (χ2n) is 6.79. The molecule has 2 bridgehead atoms. The summed E-state index contributed by atoms with van der Waals surface area (Å²) in [5.41, 5.74) is -1.86. The Hall–Kier alpha value is -1.26. The zero-order valence-electron chi connectivity index (χ0n) is 12.6. The lowest BCUT2D eigenvalue weighted by molar-refractivity contribution is -0.165. The molecule has 6 heteroatoms. The highest BCUT2D eigenvalue weighted by Crippen LogP contribution is 2.65. The van der Waals surface area contributed by atoms with Crippen LogP contribution in [0.2, 0.25) is 10.0 Å². The minimum Gasteiger partial charge on any atom is -0.448 e. The van der Waals surface area contributed by atoms with Crippen LogP contribution in [-0.4, -0.2) is 17.5 Å². The first-order chi connectivity index (χ1) is 10.1. The molecule has 0 radical (unpaired) electrons. The van der Waals surface area contributed by atoms with E-state index < -0.39 is 16.4 Å². The fourth-order valence-corrected chi connectivity index (χ4v) is 4.13. The number of ether oxygens (including phenoxy) is 1. The summed E-state index contributed by atoms with van der Waals surface area (Å²) in [6.45, 7) is 5.69. The van der Waals surface area contributed by atoms with Crippen LogP contribution in [0.3, 0.4) is 0 Å². The Bertz CT molecular complexity index is 668. The summed E-state index contributed by atoms with van der Waals surface area (Å²) < 4.78 is 5.54. The third-order valence-electron chi connectivity index (χ3n) is 5.57. The summed E-state index contributed by atoms with van der Waals surface area (Å²) in [6.07, 6.45) is 1.16. The molecule has 0 spiro atoms. The highest BCUT2D eigenvalue weighted by atomic mass is 35.5. The molecule has 4 nitrogen and oxygen atoms in total. The highest BCUT2D eigenvalue weighted by Gasteiger charge is 2.75. The lowest BCUT2D eigenvalue weighted by Crippen LogP contribution is -2.50. The van der Waals surface area contributed by atoms with E-state index in [2.05, 4.69) is 5.32 Å². The molecule has 1 N–H and O–H groups in total. The summed E-state index contributed by atoms with van der Waals surface area (Å²) in [5, 5.41) is 3.65. The number of carbonyl (C=O) groups excluding carboxylic acids is 2. The third-order valence-corrected chi connectivity index (χ3v) is 6.01. The fraction of sp³-hybridized carbons (Fsp3) is 0.500. The van der Waals surface area contributed by atoms with Gasteiger partial charge in [0.1, 0.15) is 0 Å². The van der Waals surface area contributed by atoms with Gasteiger partial charge in [0.2, 0.25) is 0 Å². The van der Waals surface area contributed by atoms with Crippen LogP contribution in [-0.2, 0) is 14.3 Å². The topological polar surface area (TPSA) is 55.4 Å². The van der Waals surface area contributed by atoms with Gasteiger partial charge in [-0.15, -0.1) is 0 Å². The first-order valence-corrected chi connectivity index (χ1v) is 7.89. The molecule has 1 aromatic rings. The van der Waals surface area contributed by atoms with Crippen LogP contribution in [0, 0.1) is 10.8 Å². The summed E-state index contributed by atoms with van der Waals surface area (Å²) in [7, 11) is 0. The SMILES string of the molecule is CC12CCC(C(=O)Nc3cc(Cl)cc(Cl)c3)(OC1=O)C2(C)C. The van der Waals surface area contributed by atoms with Gasteiger partial charge in [-0.1, -0.05) is 37.0 Å². The van der Waals surface area contributed by atoms with E-state index in [0.29, 0.717) is 28.6 Å². The van der Waals surface area contributed by atoms with Gasteiger partial charge in [0.15, 0.2) is 5.60 Å². The summed E-state index contributed by atoms with van der Waals surface area (Å²) in [5.74, 6) is -0.631. The fourth-order valence-electron chi connectivity index (χ4n) is 3.61. The van der Waals surface area contributed by atoms with Gasteiger partial charge in [-0.3, -0.25) is 9.59 Å². The first-order valence-electron chi connectivity index (χ1n) is 7.13. The van der Waals surface area contributed by atoms with E-state index in [1.54, 1.807) is 18.2 Å². The van der Waals surface area contributed by atoms with E-state index in [0.717, 1.165) is 0 Å². The number of halogens is 2. The summed E-state index contributed by atoms with van der Waals surface area (Å²) >= 11 is 11.9. The molecule has 1 aliphatic carbocycles. The Morgan fingerprint density at radius 3 is 2.18 bits per heavy atom. The molecular formula is C16H17Cl2NO3. The lowest BCUT2D eigenvalue weighted by atomic mass is 9.66. The van der Waals surface area contributed by atoms with Crippen molar-refractivity contribution in [3.05, 3.63) is 28.2 Å². The molecule has 3 rings (SSSR count). The molecule has 2 fully saturated rings. The van der Waals surface area contributed by atoms with Crippen LogP contribution in [0.5, 0.6) is 0 Å². The van der Waals surface area contributed by atoms with Crippen molar-refractivity contribution in [2.75, 3.05) is 5.32 Å². The molecule has 1 saturated heterocycles. The zero-order chi connectivity index (χ0) is 16.3. The number of carbonyl (C=O) groups is 2. The van der Waals surface area contributed by atoms with Crippen LogP contribution in [0.1, 0.15) is 33.6 Å². The van der Waals surface area contributed by atoms with Crippen LogP contribution in [0.4, 0.5) is 5.69 Å². The number of esters is 1. The summed E-state index contributed by atoms with van der Waals surface area (Å²) in [6, 6.07) is 4.81. The normalized spacial score (nSPS) is 32.0. The Labute approximate surface area is 139 Å². The quantitative estimate of drug-likeness (QED) is 0.825. The number of hydrogen-bond acceptors (Lipinski definition) is 3. The molecule has 0 aromatic heterocycles. The standard InChI is InChI=1S/C16H17Cl2NO3/c1-14(2)15(3)4-5-16(14,22-13(15)21)12(20)19-11-7-9(17)6-10(18)8-11/h6-8H,4-5H2,1-3H3,(H,19,20). The van der Waals surface area contributed by atoms with Gasteiger partial charge in [-0.05, 0) is 38.0 Å². The molecule has 1 saturated carbocycles. The maximum atomic E-state index is 12.8. The van der Waals surface area contributed by atoms with Crippen LogP contribution < -0.4 is 5.32 Å². The van der Waals surface area contributed by atoms with Crippen molar-refractivity contribution in [1.29, 1.82) is 0 Å². The van der Waals surface area contributed by atoms with Crippen molar-refractivity contribution in [1.82, 2.24) is 0 Å². The van der Waals surface area contributed by atoms with Gasteiger partial charge < -0.3 is 10.1 Å². The molecule has 2 atom stereocenters. The number of rotatable bonds is 2. The largest absolute Gasteiger partial charge is 0.448 e. The smallest absolute Gasteiger partial charge is 0.313 e. The number of amides is 1. The molecule has 1 aliphatic heterocycles. The molecular weight excluding hydrogens is 325 g/mol. The van der Waals surface area contributed by atoms with Gasteiger partial charge >= 0.3 is 5.97 Å². The van der Waals surface area contributed by atoms with E-state index in [-0.39, 0.29) is 11.9 Å². The van der Waals surface area contributed by atoms with Crippen molar-refractivity contribution in [2.45, 2.75) is 39.2 Å². The molecule has 22 heavy (non-hydrogen) atoms. The van der Waals surface area contributed by atoms with Crippen molar-refractivity contribution in [3.8, 4) is 0 Å². The van der Waals surface area contributed by atoms with E-state index >= 15 is 0 Å². The predicted molar refractivity (Wildman–Crippen MR) is 85.0 cm³/mol. The van der Waals surface area contributed by atoms with Gasteiger partial charge in [-0.25, -0.2) is 0 Å². The zero-order valence-corrected chi connectivity index (χ0v) is 14.1. The minimum absolute atomic E-state index is 0.303. The Morgan fingerprint density at radius 1 is 1.14 bits per heavy atom. The molecule has 2 aliphatic rings. The van der Waals surface area contributed by atoms with Gasteiger partial charge in [0, 0.05) is 21.1 Å². The van der Waals surface area contributed by atoms with E-state index in [9.17, 15) is 9.59 Å². The molecule has 1 heterocycles. The maximum Gasteiger partial charge on any atom is 0.313 e. The second-order valence-corrected chi connectivity index (χ2v) is 7.66. The van der Waals surface area contributed by atoms with Crippen molar-refractivity contribution in [2.24, 2.45) is 10.8 Å². The molecule has 118 valence electrons. The van der Waals surface area contributed by atoms with Crippen LogP contribution >= 0.6 is 23.2 Å². The van der Waals surface area contributed by atoms with Crippen LogP contribution in [0.15, 0.2) is 18.2 Å². The average Bonchev–Trinajstić information content (AvgIpc) is 2.67. The van der Waals surface area contributed by atoms with E-state index in [4.69, 9.17) is 27.9 Å². The number of hydrogen-bond donors (Lipinski definition) is 1. The molecule has 1 aromatic carbocycles. The lowest BCUT2D eigenvalue weighted by Gasteiger charge is -2.35. The van der Waals surface area contributed by atoms with Crippen molar-refractivity contribution >= 4 is 40.8 Å². The molecule has 2 unspecified atom stereocenters. The Balaban J connectivity index is 1.94. The van der Waals surface area contributed by atoms with Crippen molar-refractivity contribution in [3.63, 3.8) is 0 Å². The number of nitrogens with one attached hydrogen (secondary N) is 1. The van der Waals surface area contributed by atoms with Gasteiger partial charge in [0.05, 0.1) is 5.41 Å². The van der Waals surface area contributed by atoms with Gasteiger partial charge in [0.25, 0.3) is 5.91 Å². The predicted octanol–water partition coefficient (Wildman–Crippen LogP) is 4.05. The number of fused-ring (bicyclic) bond motifs is 2. The monoisotopic (exact) mass is 341 g/mol. The Kier molecular flexibility index (Phi) is 3.28. The minimum atomic E-state index is -1.15. The third kappa shape index (κ3) is 1.83. The van der Waals surface area contributed by atoms with Crippen LogP contribution in [0.25, 0.3) is 0 Å². The maximum absolute atomic E-state index is 12.8. The van der Waals surface area contributed by atoms with Gasteiger partial charge in [-0.2, -0.15) is 0 Å². The Morgan fingerprint density at radius 2 is 1.73 bits per heavy atom. The number of anilines is 1. The van der Waals surface area contributed by atoms with E-state index in [1.165, 1.54) is 0 Å². The second kappa shape index (κ2) is 4.62. The number of benzene rings is 1. The highest BCUT2D eigenvalue weighted by molar-refractivity contribution is 6.35. The van der Waals surface area contributed by atoms with Crippen molar-refractivity contribution < 1.29 is 14.3 Å². The first kappa shape index (κ1) is 15.6. The summed E-state index contributed by atoms with van der Waals surface area (Å²) in [4.78, 5) is 25.0.